The van der Waals surface area contributed by atoms with E-state index in [2.05, 4.69) is 5.32 Å². The largest absolute Gasteiger partial charge is 0.465 e. The minimum absolute atomic E-state index is 0.0748. The molecule has 2 rings (SSSR count). The lowest BCUT2D eigenvalue weighted by Gasteiger charge is -2.16. The van der Waals surface area contributed by atoms with Crippen molar-refractivity contribution in [3.63, 3.8) is 0 Å². The molecule has 0 saturated heterocycles. The zero-order valence-corrected chi connectivity index (χ0v) is 16.9. The van der Waals surface area contributed by atoms with Crippen LogP contribution in [0.3, 0.4) is 0 Å². The average molecular weight is 371 g/mol. The van der Waals surface area contributed by atoms with Crippen molar-refractivity contribution in [3.8, 4) is 0 Å². The highest BCUT2D eigenvalue weighted by Crippen LogP contribution is 2.24. The summed E-state index contributed by atoms with van der Waals surface area (Å²) >= 11 is 0. The van der Waals surface area contributed by atoms with Crippen molar-refractivity contribution >= 4 is 11.6 Å². The minimum atomic E-state index is -0.422. The van der Waals surface area contributed by atoms with Crippen molar-refractivity contribution in [2.45, 2.75) is 53.9 Å². The molecule has 1 heterocycles. The minimum Gasteiger partial charge on any atom is -0.465 e. The molecule has 1 N–H and O–H groups in total. The molecule has 0 spiro atoms. The summed E-state index contributed by atoms with van der Waals surface area (Å²) in [5, 5.41) is 2.98. The number of ether oxygens (including phenoxy) is 1. The standard InChI is InChI=1S/C22H29NO4/c1-6-16-10-9-11-17(7-2)20(16)23-22(25)19-18(12-13-26-8-3)27-15(5)14(4)21(19)24/h9-11H,6-8,12-13H2,1-5H3,(H,23,25). The summed E-state index contributed by atoms with van der Waals surface area (Å²) in [4.78, 5) is 25.9. The SMILES string of the molecule is CCOCCc1oc(C)c(C)c(=O)c1C(=O)Nc1c(CC)cccc1CC. The second-order valence-electron chi connectivity index (χ2n) is 6.47. The fourth-order valence-electron chi connectivity index (χ4n) is 3.08. The van der Waals surface area contributed by atoms with Crippen LogP contribution in [0.4, 0.5) is 5.69 Å². The van der Waals surface area contributed by atoms with Crippen LogP contribution in [0.15, 0.2) is 27.4 Å². The summed E-state index contributed by atoms with van der Waals surface area (Å²) < 4.78 is 11.2. The summed E-state index contributed by atoms with van der Waals surface area (Å²) in [5.41, 5.74) is 3.14. The Morgan fingerprint density at radius 2 is 1.74 bits per heavy atom. The third-order valence-electron chi connectivity index (χ3n) is 4.79. The topological polar surface area (TPSA) is 68.5 Å². The molecule has 1 amide bonds. The molecule has 0 aliphatic rings. The van der Waals surface area contributed by atoms with Crippen LogP contribution in [0.1, 0.15) is 59.3 Å². The molecule has 0 unspecified atom stereocenters. The van der Waals surface area contributed by atoms with Crippen LogP contribution in [-0.4, -0.2) is 19.1 Å². The number of amides is 1. The van der Waals surface area contributed by atoms with E-state index in [4.69, 9.17) is 9.15 Å². The van der Waals surface area contributed by atoms with E-state index in [0.717, 1.165) is 29.7 Å². The molecular weight excluding hydrogens is 342 g/mol. The maximum absolute atomic E-state index is 13.1. The first-order chi connectivity index (χ1) is 12.9. The molecule has 5 heteroatoms. The Bertz CT molecular complexity index is 845. The van der Waals surface area contributed by atoms with E-state index in [0.29, 0.717) is 36.7 Å². The molecule has 1 aromatic heterocycles. The van der Waals surface area contributed by atoms with Crippen LogP contribution in [0.25, 0.3) is 0 Å². The van der Waals surface area contributed by atoms with E-state index in [1.807, 2.05) is 39.0 Å². The van der Waals surface area contributed by atoms with Crippen LogP contribution >= 0.6 is 0 Å². The number of nitrogens with one attached hydrogen (secondary N) is 1. The Morgan fingerprint density at radius 1 is 1.11 bits per heavy atom. The first kappa shape index (κ1) is 20.9. The van der Waals surface area contributed by atoms with Crippen LogP contribution in [0.5, 0.6) is 0 Å². The summed E-state index contributed by atoms with van der Waals surface area (Å²) in [7, 11) is 0. The van der Waals surface area contributed by atoms with Gasteiger partial charge in [0.1, 0.15) is 17.1 Å². The van der Waals surface area contributed by atoms with Gasteiger partial charge in [0.2, 0.25) is 5.43 Å². The molecule has 0 saturated carbocycles. The van der Waals surface area contributed by atoms with Crippen molar-refractivity contribution in [2.75, 3.05) is 18.5 Å². The predicted octanol–water partition coefficient (Wildman–Crippen LogP) is 4.21. The number of carbonyl (C=O) groups is 1. The highest BCUT2D eigenvalue weighted by molar-refractivity contribution is 6.05. The number of hydrogen-bond donors (Lipinski definition) is 1. The predicted molar refractivity (Wildman–Crippen MR) is 108 cm³/mol. The van der Waals surface area contributed by atoms with Crippen LogP contribution < -0.4 is 10.7 Å². The Balaban J connectivity index is 2.47. The van der Waals surface area contributed by atoms with Gasteiger partial charge in [0.15, 0.2) is 0 Å². The van der Waals surface area contributed by atoms with Crippen LogP contribution in [-0.2, 0) is 24.0 Å². The maximum atomic E-state index is 13.1. The summed E-state index contributed by atoms with van der Waals surface area (Å²) in [6, 6.07) is 5.98. The number of rotatable bonds is 8. The third kappa shape index (κ3) is 4.66. The second kappa shape index (κ2) is 9.51. The van der Waals surface area contributed by atoms with Gasteiger partial charge in [-0.3, -0.25) is 9.59 Å². The summed E-state index contributed by atoms with van der Waals surface area (Å²) in [6.45, 7) is 10.4. The van der Waals surface area contributed by atoms with Gasteiger partial charge in [-0.25, -0.2) is 0 Å². The van der Waals surface area contributed by atoms with Gasteiger partial charge in [-0.15, -0.1) is 0 Å². The lowest BCUT2D eigenvalue weighted by atomic mass is 10.0. The van der Waals surface area contributed by atoms with E-state index in [-0.39, 0.29) is 11.0 Å². The first-order valence-corrected chi connectivity index (χ1v) is 9.57. The van der Waals surface area contributed by atoms with Gasteiger partial charge >= 0.3 is 0 Å². The molecule has 27 heavy (non-hydrogen) atoms. The van der Waals surface area contributed by atoms with Crippen LogP contribution in [0.2, 0.25) is 0 Å². The first-order valence-electron chi connectivity index (χ1n) is 9.57. The van der Waals surface area contributed by atoms with Gasteiger partial charge in [0.05, 0.1) is 6.61 Å². The molecule has 146 valence electrons. The Kier molecular flexibility index (Phi) is 7.36. The zero-order valence-electron chi connectivity index (χ0n) is 16.9. The Hall–Kier alpha value is -2.40. The number of aryl methyl sites for hydroxylation is 3. The summed E-state index contributed by atoms with van der Waals surface area (Å²) in [5.74, 6) is 0.487. The molecule has 0 bridgehead atoms. The average Bonchev–Trinajstić information content (AvgIpc) is 2.66. The second-order valence-corrected chi connectivity index (χ2v) is 6.47. The van der Waals surface area contributed by atoms with Gasteiger partial charge in [-0.1, -0.05) is 32.0 Å². The van der Waals surface area contributed by atoms with Crippen molar-refractivity contribution in [1.82, 2.24) is 0 Å². The molecule has 0 aliphatic carbocycles. The molecule has 0 atom stereocenters. The fourth-order valence-corrected chi connectivity index (χ4v) is 3.08. The van der Waals surface area contributed by atoms with E-state index in [1.165, 1.54) is 0 Å². The number of carbonyl (C=O) groups excluding carboxylic acids is 1. The molecular formula is C22H29NO4. The van der Waals surface area contributed by atoms with Gasteiger partial charge in [0, 0.05) is 24.3 Å². The van der Waals surface area contributed by atoms with E-state index < -0.39 is 5.91 Å². The number of benzene rings is 1. The van der Waals surface area contributed by atoms with Gasteiger partial charge < -0.3 is 14.5 Å². The lowest BCUT2D eigenvalue weighted by Crippen LogP contribution is -2.27. The number of anilines is 1. The van der Waals surface area contributed by atoms with Crippen molar-refractivity contribution in [3.05, 3.63) is 62.2 Å². The van der Waals surface area contributed by atoms with E-state index >= 15 is 0 Å². The number of para-hydroxylation sites is 1. The lowest BCUT2D eigenvalue weighted by molar-refractivity contribution is 0.101. The maximum Gasteiger partial charge on any atom is 0.263 e. The third-order valence-corrected chi connectivity index (χ3v) is 4.79. The van der Waals surface area contributed by atoms with Crippen LogP contribution in [0, 0.1) is 13.8 Å². The highest BCUT2D eigenvalue weighted by Gasteiger charge is 2.22. The molecule has 0 fully saturated rings. The van der Waals surface area contributed by atoms with Crippen molar-refractivity contribution in [1.29, 1.82) is 0 Å². The van der Waals surface area contributed by atoms with Crippen molar-refractivity contribution < 1.29 is 13.9 Å². The summed E-state index contributed by atoms with van der Waals surface area (Å²) in [6.07, 6.45) is 1.97. The quantitative estimate of drug-likeness (QED) is 0.706. The van der Waals surface area contributed by atoms with E-state index in [1.54, 1.807) is 13.8 Å². The fraction of sp³-hybridized carbons (Fsp3) is 0.455. The zero-order chi connectivity index (χ0) is 20.0. The Morgan fingerprint density at radius 3 is 2.30 bits per heavy atom. The molecule has 0 aliphatic heterocycles. The molecule has 2 aromatic rings. The normalized spacial score (nSPS) is 10.9. The van der Waals surface area contributed by atoms with Gasteiger partial charge in [0.25, 0.3) is 5.91 Å². The van der Waals surface area contributed by atoms with E-state index in [9.17, 15) is 9.59 Å². The molecule has 1 aromatic carbocycles. The van der Waals surface area contributed by atoms with Gasteiger partial charge in [-0.05, 0) is 44.7 Å². The van der Waals surface area contributed by atoms with Crippen molar-refractivity contribution in [2.24, 2.45) is 0 Å². The van der Waals surface area contributed by atoms with Gasteiger partial charge in [-0.2, -0.15) is 0 Å². The smallest absolute Gasteiger partial charge is 0.263 e. The monoisotopic (exact) mass is 371 g/mol. The number of hydrogen-bond acceptors (Lipinski definition) is 4. The molecule has 5 nitrogen and oxygen atoms in total. The molecule has 0 radical (unpaired) electrons. The Labute approximate surface area is 160 Å². The highest BCUT2D eigenvalue weighted by atomic mass is 16.5.